The van der Waals surface area contributed by atoms with Gasteiger partial charge in [0.15, 0.2) is 0 Å². The van der Waals surface area contributed by atoms with Crippen molar-refractivity contribution in [3.8, 4) is 5.75 Å². The average Bonchev–Trinajstić information content (AvgIpc) is 3.15. The highest BCUT2D eigenvalue weighted by molar-refractivity contribution is 7.20. The van der Waals surface area contributed by atoms with Crippen LogP contribution in [0, 0.1) is 18.3 Å². The number of nitrogens with zero attached hydrogens (tertiary/aromatic N) is 4. The van der Waals surface area contributed by atoms with Crippen molar-refractivity contribution in [2.75, 3.05) is 25.0 Å². The average molecular weight is 487 g/mol. The van der Waals surface area contributed by atoms with Crippen molar-refractivity contribution < 1.29 is 18.7 Å². The van der Waals surface area contributed by atoms with Gasteiger partial charge >= 0.3 is 0 Å². The molecule has 34 heavy (non-hydrogen) atoms. The molecular weight excluding hydrogens is 463 g/mol. The van der Waals surface area contributed by atoms with Crippen LogP contribution >= 0.6 is 11.3 Å². The molecule has 0 aliphatic carbocycles. The number of carbonyl (C=O) groups is 2. The lowest BCUT2D eigenvalue weighted by atomic mass is 10.1. The second-order valence-corrected chi connectivity index (χ2v) is 8.83. The van der Waals surface area contributed by atoms with Crippen LogP contribution < -0.4 is 21.2 Å². The molecule has 178 valence electrons. The number of nitrogens with one attached hydrogen (secondary N) is 3. The SMILES string of the molecule is Cc1c(C(N)=O)sc2ncnc(Nc3ccc(F)cc3OC3CCN(CC(=O)NN=N)CC3)c12. The van der Waals surface area contributed by atoms with E-state index >= 15 is 0 Å². The van der Waals surface area contributed by atoms with E-state index in [2.05, 4.69) is 25.9 Å². The van der Waals surface area contributed by atoms with Crippen LogP contribution in [0.3, 0.4) is 0 Å². The van der Waals surface area contributed by atoms with Gasteiger partial charge in [-0.25, -0.2) is 19.8 Å². The smallest absolute Gasteiger partial charge is 0.259 e. The molecule has 1 aromatic carbocycles. The number of primary amides is 1. The van der Waals surface area contributed by atoms with Crippen molar-refractivity contribution in [3.63, 3.8) is 0 Å². The number of hydrogen-bond donors (Lipinski definition) is 4. The van der Waals surface area contributed by atoms with Crippen LogP contribution in [-0.2, 0) is 4.79 Å². The molecule has 1 aliphatic heterocycles. The fraction of sp³-hybridized carbons (Fsp3) is 0.333. The lowest BCUT2D eigenvalue weighted by Gasteiger charge is -2.31. The van der Waals surface area contributed by atoms with E-state index in [0.29, 0.717) is 63.8 Å². The number of nitrogens with two attached hydrogens (primary N) is 1. The minimum Gasteiger partial charge on any atom is -0.488 e. The molecule has 2 amide bonds. The standard InChI is InChI=1S/C21H23FN8O3S/c1-11-17-20(25-10-26-21(17)34-18(11)19(23)32)27-14-3-2-12(22)8-15(14)33-13-4-6-30(7-5-13)9-16(31)28-29-24/h2-3,8,10,13H,4-7,9H2,1H3,(H2,23,32)(H2,24,28,31)(H,25,26,27). The Balaban J connectivity index is 1.51. The number of likely N-dealkylation sites (tertiary alicyclic amines) is 1. The number of halogens is 1. The highest BCUT2D eigenvalue weighted by Crippen LogP contribution is 2.36. The monoisotopic (exact) mass is 486 g/mol. The zero-order valence-electron chi connectivity index (χ0n) is 18.3. The number of fused-ring (bicyclic) bond motifs is 1. The maximum Gasteiger partial charge on any atom is 0.259 e. The zero-order valence-corrected chi connectivity index (χ0v) is 19.1. The van der Waals surface area contributed by atoms with Gasteiger partial charge in [-0.1, -0.05) is 5.22 Å². The Morgan fingerprint density at radius 3 is 2.82 bits per heavy atom. The maximum absolute atomic E-state index is 14.1. The molecule has 0 unspecified atom stereocenters. The molecule has 0 bridgehead atoms. The van der Waals surface area contributed by atoms with Crippen molar-refractivity contribution in [2.24, 2.45) is 11.0 Å². The van der Waals surface area contributed by atoms with E-state index in [1.807, 2.05) is 4.90 Å². The van der Waals surface area contributed by atoms with Crippen LogP contribution in [0.1, 0.15) is 28.1 Å². The first-order valence-electron chi connectivity index (χ1n) is 10.5. The van der Waals surface area contributed by atoms with Crippen molar-refractivity contribution >= 4 is 44.9 Å². The van der Waals surface area contributed by atoms with Crippen LogP contribution in [0.15, 0.2) is 29.7 Å². The number of carbonyl (C=O) groups excluding carboxylic acids is 2. The number of hydrogen-bond acceptors (Lipinski definition) is 10. The Bertz CT molecular complexity index is 1240. The number of benzene rings is 1. The summed E-state index contributed by atoms with van der Waals surface area (Å²) in [5.41, 5.74) is 15.5. The summed E-state index contributed by atoms with van der Waals surface area (Å²) in [6.45, 7) is 3.16. The molecule has 1 fully saturated rings. The fourth-order valence-electron chi connectivity index (χ4n) is 3.89. The number of piperidine rings is 1. The number of amides is 2. The van der Waals surface area contributed by atoms with E-state index in [-0.39, 0.29) is 18.6 Å². The quantitative estimate of drug-likeness (QED) is 0.281. The van der Waals surface area contributed by atoms with Gasteiger partial charge in [0.2, 0.25) is 0 Å². The largest absolute Gasteiger partial charge is 0.488 e. The number of anilines is 2. The Morgan fingerprint density at radius 1 is 1.35 bits per heavy atom. The van der Waals surface area contributed by atoms with Crippen LogP contribution in [0.5, 0.6) is 5.75 Å². The topological polar surface area (TPSA) is 159 Å². The van der Waals surface area contributed by atoms with Crippen LogP contribution in [0.4, 0.5) is 15.9 Å². The van der Waals surface area contributed by atoms with Gasteiger partial charge in [0.1, 0.15) is 34.6 Å². The number of aromatic nitrogens is 2. The number of thiophene rings is 1. The molecule has 1 saturated heterocycles. The fourth-order valence-corrected chi connectivity index (χ4v) is 4.89. The van der Waals surface area contributed by atoms with Crippen LogP contribution in [0.25, 0.3) is 10.2 Å². The molecule has 13 heteroatoms. The van der Waals surface area contributed by atoms with E-state index < -0.39 is 11.7 Å². The third-order valence-corrected chi connectivity index (χ3v) is 6.74. The predicted molar refractivity (Wildman–Crippen MR) is 124 cm³/mol. The lowest BCUT2D eigenvalue weighted by molar-refractivity contribution is -0.122. The Morgan fingerprint density at radius 2 is 2.12 bits per heavy atom. The molecule has 1 aliphatic rings. The van der Waals surface area contributed by atoms with Gasteiger partial charge in [0.05, 0.1) is 22.5 Å². The zero-order chi connectivity index (χ0) is 24.2. The first-order chi connectivity index (χ1) is 16.4. The second-order valence-electron chi connectivity index (χ2n) is 7.83. The maximum atomic E-state index is 14.1. The Hall–Kier alpha value is -3.71. The molecule has 0 atom stereocenters. The molecule has 5 N–H and O–H groups in total. The molecule has 2 aromatic heterocycles. The molecular formula is C21H23FN8O3S. The van der Waals surface area contributed by atoms with Gasteiger partial charge in [0, 0.05) is 19.2 Å². The Kier molecular flexibility index (Phi) is 6.93. The van der Waals surface area contributed by atoms with Crippen molar-refractivity contribution in [1.29, 1.82) is 5.53 Å². The first-order valence-corrected chi connectivity index (χ1v) is 11.3. The summed E-state index contributed by atoms with van der Waals surface area (Å²) in [5.74, 6) is -0.521. The van der Waals surface area contributed by atoms with Gasteiger partial charge < -0.3 is 15.8 Å². The molecule has 3 heterocycles. The summed E-state index contributed by atoms with van der Waals surface area (Å²) in [5, 5.41) is 6.75. The second kappa shape index (κ2) is 10.1. The normalized spacial score (nSPS) is 14.6. The molecule has 0 saturated carbocycles. The van der Waals surface area contributed by atoms with E-state index in [0.717, 1.165) is 0 Å². The van der Waals surface area contributed by atoms with Crippen molar-refractivity contribution in [2.45, 2.75) is 25.9 Å². The summed E-state index contributed by atoms with van der Waals surface area (Å²) in [7, 11) is 0. The lowest BCUT2D eigenvalue weighted by Crippen LogP contribution is -2.42. The molecule has 3 aromatic rings. The van der Waals surface area contributed by atoms with Crippen LogP contribution in [-0.4, -0.2) is 52.4 Å². The molecule has 4 rings (SSSR count). The van der Waals surface area contributed by atoms with Gasteiger partial charge in [-0.3, -0.25) is 14.5 Å². The van der Waals surface area contributed by atoms with E-state index in [4.69, 9.17) is 16.0 Å². The van der Waals surface area contributed by atoms with Gasteiger partial charge in [-0.15, -0.1) is 11.3 Å². The summed E-state index contributed by atoms with van der Waals surface area (Å²) < 4.78 is 20.2. The highest BCUT2D eigenvalue weighted by atomic mass is 32.1. The van der Waals surface area contributed by atoms with E-state index in [1.165, 1.54) is 29.8 Å². The first kappa shape index (κ1) is 23.4. The van der Waals surface area contributed by atoms with Crippen molar-refractivity contribution in [1.82, 2.24) is 20.3 Å². The number of rotatable bonds is 8. The minimum absolute atomic E-state index is 0.152. The number of ether oxygens (including phenoxy) is 1. The molecule has 0 radical (unpaired) electrons. The third-order valence-electron chi connectivity index (χ3n) is 5.52. The molecule has 0 spiro atoms. The summed E-state index contributed by atoms with van der Waals surface area (Å²) >= 11 is 1.19. The van der Waals surface area contributed by atoms with Crippen LogP contribution in [0.2, 0.25) is 0 Å². The summed E-state index contributed by atoms with van der Waals surface area (Å²) in [6.07, 6.45) is 2.50. The van der Waals surface area contributed by atoms with E-state index in [1.54, 1.807) is 13.0 Å². The number of aryl methyl sites for hydroxylation is 1. The van der Waals surface area contributed by atoms with Gasteiger partial charge in [-0.2, -0.15) is 5.53 Å². The van der Waals surface area contributed by atoms with Crippen molar-refractivity contribution in [3.05, 3.63) is 40.8 Å². The summed E-state index contributed by atoms with van der Waals surface area (Å²) in [6, 6.07) is 4.20. The summed E-state index contributed by atoms with van der Waals surface area (Å²) in [4.78, 5) is 34.9. The predicted octanol–water partition coefficient (Wildman–Crippen LogP) is 2.89. The third kappa shape index (κ3) is 5.10. The Labute approximate surface area is 198 Å². The minimum atomic E-state index is -0.532. The van der Waals surface area contributed by atoms with Gasteiger partial charge in [0.25, 0.3) is 11.8 Å². The highest BCUT2D eigenvalue weighted by Gasteiger charge is 2.24. The van der Waals surface area contributed by atoms with Gasteiger partial charge in [-0.05, 0) is 37.5 Å². The molecule has 11 nitrogen and oxygen atoms in total. The van der Waals surface area contributed by atoms with E-state index in [9.17, 15) is 14.0 Å².